The molecular formula is C25H34NOP. The van der Waals surface area contributed by atoms with Crippen molar-refractivity contribution in [2.45, 2.75) is 63.8 Å². The highest BCUT2D eigenvalue weighted by atomic mass is 31.2. The van der Waals surface area contributed by atoms with Gasteiger partial charge < -0.3 is 0 Å². The molecule has 0 aliphatic heterocycles. The van der Waals surface area contributed by atoms with Crippen molar-refractivity contribution in [2.24, 2.45) is 5.92 Å². The average molecular weight is 396 g/mol. The van der Waals surface area contributed by atoms with Crippen LogP contribution in [0.25, 0.3) is 0 Å². The number of hydrogen-bond donors (Lipinski definition) is 1. The Kier molecular flexibility index (Phi) is 8.13. The summed E-state index contributed by atoms with van der Waals surface area (Å²) in [7, 11) is -2.87. The third-order valence-corrected chi connectivity index (χ3v) is 8.69. The van der Waals surface area contributed by atoms with Crippen LogP contribution in [0.3, 0.4) is 0 Å². The maximum Gasteiger partial charge on any atom is 0.204 e. The van der Waals surface area contributed by atoms with E-state index in [-0.39, 0.29) is 6.04 Å². The molecule has 1 N–H and O–H groups in total. The Labute approximate surface area is 170 Å². The Balaban J connectivity index is 1.85. The van der Waals surface area contributed by atoms with Gasteiger partial charge in [-0.05, 0) is 55.9 Å². The second-order valence-electron chi connectivity index (χ2n) is 8.07. The van der Waals surface area contributed by atoms with E-state index >= 15 is 0 Å². The van der Waals surface area contributed by atoms with Crippen LogP contribution in [0, 0.1) is 5.92 Å². The molecule has 1 saturated carbocycles. The van der Waals surface area contributed by atoms with Gasteiger partial charge in [0.05, 0.1) is 0 Å². The van der Waals surface area contributed by atoms with E-state index in [0.717, 1.165) is 42.2 Å². The maximum atomic E-state index is 14.4. The van der Waals surface area contributed by atoms with Crippen LogP contribution in [0.4, 0.5) is 0 Å². The summed E-state index contributed by atoms with van der Waals surface area (Å²) in [5.74, 6) is 0.759. The molecule has 2 aromatic carbocycles. The topological polar surface area (TPSA) is 29.1 Å². The van der Waals surface area contributed by atoms with Gasteiger partial charge in [0.2, 0.25) is 7.29 Å². The summed E-state index contributed by atoms with van der Waals surface area (Å²) in [6.07, 6.45) is 13.0. The molecule has 0 unspecified atom stereocenters. The number of allylic oxidation sites excluding steroid dienone is 1. The highest BCUT2D eigenvalue weighted by Gasteiger charge is 2.31. The number of unbranched alkanes of at least 4 members (excludes halogenated alkanes) is 1. The van der Waals surface area contributed by atoms with E-state index in [4.69, 9.17) is 0 Å². The summed E-state index contributed by atoms with van der Waals surface area (Å²) in [6.45, 7) is 3.87. The number of benzene rings is 2. The van der Waals surface area contributed by atoms with Crippen molar-refractivity contribution in [3.8, 4) is 0 Å². The van der Waals surface area contributed by atoms with Crippen LogP contribution in [0.2, 0.25) is 0 Å². The van der Waals surface area contributed by atoms with E-state index in [1.54, 1.807) is 0 Å². The Morgan fingerprint density at radius 3 is 2.07 bits per heavy atom. The Bertz CT molecular complexity index is 709. The molecule has 1 aliphatic rings. The molecule has 1 fully saturated rings. The Morgan fingerprint density at radius 2 is 1.54 bits per heavy atom. The smallest absolute Gasteiger partial charge is 0.204 e. The number of rotatable bonds is 10. The minimum Gasteiger partial charge on any atom is -0.297 e. The second kappa shape index (κ2) is 10.8. The lowest BCUT2D eigenvalue weighted by molar-refractivity contribution is 0.303. The van der Waals surface area contributed by atoms with Gasteiger partial charge in [-0.3, -0.25) is 9.65 Å². The van der Waals surface area contributed by atoms with Crippen molar-refractivity contribution in [1.29, 1.82) is 0 Å². The molecule has 0 heterocycles. The quantitative estimate of drug-likeness (QED) is 0.295. The van der Waals surface area contributed by atoms with Crippen LogP contribution < -0.4 is 15.7 Å². The van der Waals surface area contributed by atoms with Crippen LogP contribution >= 0.6 is 7.29 Å². The maximum absolute atomic E-state index is 14.4. The third kappa shape index (κ3) is 5.69. The fourth-order valence-electron chi connectivity index (χ4n) is 4.40. The molecule has 0 spiro atoms. The molecule has 2 aromatic rings. The van der Waals surface area contributed by atoms with E-state index in [9.17, 15) is 4.57 Å². The first-order valence-corrected chi connectivity index (χ1v) is 12.5. The molecular weight excluding hydrogens is 361 g/mol. The van der Waals surface area contributed by atoms with E-state index in [1.807, 2.05) is 66.7 Å². The van der Waals surface area contributed by atoms with Gasteiger partial charge in [-0.1, -0.05) is 74.6 Å². The summed E-state index contributed by atoms with van der Waals surface area (Å²) in [6, 6.07) is 20.2. The van der Waals surface area contributed by atoms with Gasteiger partial charge in [0, 0.05) is 16.7 Å². The lowest BCUT2D eigenvalue weighted by Crippen LogP contribution is -2.36. The van der Waals surface area contributed by atoms with Gasteiger partial charge in [0.1, 0.15) is 0 Å². The van der Waals surface area contributed by atoms with E-state index in [0.29, 0.717) is 0 Å². The normalized spacial score (nSPS) is 16.6. The van der Waals surface area contributed by atoms with Crippen LogP contribution in [-0.4, -0.2) is 6.04 Å². The SMILES string of the molecule is C=CCCC[C@H](CC1CCCCC1)NP(=O)(c1ccccc1)c1ccccc1. The van der Waals surface area contributed by atoms with Crippen molar-refractivity contribution >= 4 is 17.9 Å². The Morgan fingerprint density at radius 1 is 0.964 bits per heavy atom. The molecule has 0 bridgehead atoms. The summed E-state index contributed by atoms with van der Waals surface area (Å²) >= 11 is 0. The molecule has 1 atom stereocenters. The zero-order valence-corrected chi connectivity index (χ0v) is 17.8. The van der Waals surface area contributed by atoms with Gasteiger partial charge in [0.25, 0.3) is 0 Å². The predicted molar refractivity (Wildman–Crippen MR) is 122 cm³/mol. The van der Waals surface area contributed by atoms with Gasteiger partial charge in [0.15, 0.2) is 0 Å². The largest absolute Gasteiger partial charge is 0.297 e. The molecule has 28 heavy (non-hydrogen) atoms. The molecule has 150 valence electrons. The van der Waals surface area contributed by atoms with Crippen molar-refractivity contribution in [1.82, 2.24) is 5.09 Å². The van der Waals surface area contributed by atoms with Crippen molar-refractivity contribution in [2.75, 3.05) is 0 Å². The number of hydrogen-bond acceptors (Lipinski definition) is 1. The highest BCUT2D eigenvalue weighted by molar-refractivity contribution is 7.76. The summed E-state index contributed by atoms with van der Waals surface area (Å²) in [5.41, 5.74) is 0. The summed E-state index contributed by atoms with van der Waals surface area (Å²) in [4.78, 5) is 0. The molecule has 3 heteroatoms. The summed E-state index contributed by atoms with van der Waals surface area (Å²) < 4.78 is 14.4. The van der Waals surface area contributed by atoms with E-state index in [1.165, 1.54) is 32.1 Å². The molecule has 0 saturated heterocycles. The fraction of sp³-hybridized carbons (Fsp3) is 0.440. The lowest BCUT2D eigenvalue weighted by Gasteiger charge is -2.31. The van der Waals surface area contributed by atoms with Crippen molar-refractivity contribution in [3.63, 3.8) is 0 Å². The monoisotopic (exact) mass is 395 g/mol. The van der Waals surface area contributed by atoms with E-state index < -0.39 is 7.29 Å². The van der Waals surface area contributed by atoms with Gasteiger partial charge in [-0.15, -0.1) is 6.58 Å². The minimum absolute atomic E-state index is 0.272. The average Bonchev–Trinajstić information content (AvgIpc) is 2.76. The molecule has 0 aromatic heterocycles. The van der Waals surface area contributed by atoms with E-state index in [2.05, 4.69) is 11.7 Å². The van der Waals surface area contributed by atoms with Crippen molar-refractivity contribution < 1.29 is 4.57 Å². The van der Waals surface area contributed by atoms with Gasteiger partial charge >= 0.3 is 0 Å². The van der Waals surface area contributed by atoms with Crippen LogP contribution in [0.1, 0.15) is 57.8 Å². The molecule has 3 rings (SSSR count). The fourth-order valence-corrected chi connectivity index (χ4v) is 6.93. The minimum atomic E-state index is -2.87. The van der Waals surface area contributed by atoms with Crippen molar-refractivity contribution in [3.05, 3.63) is 73.3 Å². The number of nitrogens with one attached hydrogen (secondary N) is 1. The zero-order chi connectivity index (χ0) is 19.7. The zero-order valence-electron chi connectivity index (χ0n) is 16.9. The predicted octanol–water partition coefficient (Wildman–Crippen LogP) is 6.20. The van der Waals surface area contributed by atoms with Crippen LogP contribution in [0.15, 0.2) is 73.3 Å². The first-order valence-electron chi connectivity index (χ1n) is 10.8. The first kappa shape index (κ1) is 21.1. The standard InChI is InChI=1S/C25H34NOP/c1-2-3-7-16-23(21-22-14-8-4-9-15-22)26-28(27,24-17-10-5-11-18-24)25-19-12-6-13-20-25/h2,5-6,10-13,17-20,22-23H,1,3-4,7-9,14-16,21H2,(H,26,27)/t23-/m1/s1. The lowest BCUT2D eigenvalue weighted by atomic mass is 9.84. The first-order chi connectivity index (χ1) is 13.7. The molecule has 2 nitrogen and oxygen atoms in total. The second-order valence-corrected chi connectivity index (χ2v) is 10.6. The van der Waals surface area contributed by atoms with Crippen LogP contribution in [0.5, 0.6) is 0 Å². The van der Waals surface area contributed by atoms with Gasteiger partial charge in [-0.25, -0.2) is 0 Å². The third-order valence-electron chi connectivity index (χ3n) is 5.91. The molecule has 1 aliphatic carbocycles. The molecule has 0 radical (unpaired) electrons. The summed E-state index contributed by atoms with van der Waals surface area (Å²) in [5, 5.41) is 5.49. The Hall–Kier alpha value is -1.63. The highest BCUT2D eigenvalue weighted by Crippen LogP contribution is 2.41. The van der Waals surface area contributed by atoms with Gasteiger partial charge in [-0.2, -0.15) is 0 Å². The van der Waals surface area contributed by atoms with Crippen LogP contribution in [-0.2, 0) is 4.57 Å². The molecule has 0 amide bonds.